The lowest BCUT2D eigenvalue weighted by atomic mass is 10.1. The van der Waals surface area contributed by atoms with Crippen molar-refractivity contribution in [1.82, 2.24) is 15.0 Å². The van der Waals surface area contributed by atoms with Crippen molar-refractivity contribution >= 4 is 22.5 Å². The molecule has 32 heavy (non-hydrogen) atoms. The highest BCUT2D eigenvalue weighted by atomic mass is 16.5. The first-order chi connectivity index (χ1) is 15.5. The molecule has 7 heteroatoms. The molecule has 0 atom stereocenters. The van der Waals surface area contributed by atoms with Crippen molar-refractivity contribution in [2.75, 3.05) is 11.9 Å². The number of fused-ring (bicyclic) bond motifs is 1. The van der Waals surface area contributed by atoms with Crippen LogP contribution in [0.15, 0.2) is 73.7 Å². The minimum Gasteiger partial charge on any atom is -0.489 e. The number of imidazole rings is 1. The number of H-pyrrole nitrogens is 1. The summed E-state index contributed by atoms with van der Waals surface area (Å²) >= 11 is 0. The summed E-state index contributed by atoms with van der Waals surface area (Å²) in [5.41, 5.74) is 2.86. The molecule has 2 aromatic carbocycles. The quantitative estimate of drug-likeness (QED) is 0.352. The van der Waals surface area contributed by atoms with Crippen LogP contribution in [0, 0.1) is 0 Å². The van der Waals surface area contributed by atoms with E-state index in [2.05, 4.69) is 35.7 Å². The molecule has 162 valence electrons. The highest BCUT2D eigenvalue weighted by Crippen LogP contribution is 2.33. The Morgan fingerprint density at radius 3 is 2.62 bits per heavy atom. The summed E-state index contributed by atoms with van der Waals surface area (Å²) in [5.74, 6) is 2.08. The van der Waals surface area contributed by atoms with Crippen LogP contribution in [0.3, 0.4) is 0 Å². The Morgan fingerprint density at radius 2 is 1.94 bits per heavy atom. The molecule has 0 aliphatic rings. The Hall–Kier alpha value is -4.13. The van der Waals surface area contributed by atoms with E-state index in [9.17, 15) is 4.79 Å². The third-order valence-electron chi connectivity index (χ3n) is 4.80. The summed E-state index contributed by atoms with van der Waals surface area (Å²) < 4.78 is 11.9. The van der Waals surface area contributed by atoms with Crippen LogP contribution in [-0.2, 0) is 0 Å². The van der Waals surface area contributed by atoms with Crippen LogP contribution >= 0.6 is 0 Å². The zero-order valence-electron chi connectivity index (χ0n) is 18.0. The first-order valence-electron chi connectivity index (χ1n) is 10.3. The van der Waals surface area contributed by atoms with Gasteiger partial charge in [-0.05, 0) is 48.4 Å². The smallest absolute Gasteiger partial charge is 0.273 e. The molecule has 0 spiro atoms. The van der Waals surface area contributed by atoms with Crippen molar-refractivity contribution in [1.29, 1.82) is 0 Å². The number of carbonyl (C=O) groups is 1. The molecule has 0 unspecified atom stereocenters. The van der Waals surface area contributed by atoms with Gasteiger partial charge in [0.1, 0.15) is 29.5 Å². The number of rotatable bonds is 8. The summed E-state index contributed by atoms with van der Waals surface area (Å²) in [4.78, 5) is 23.5. The first-order valence-corrected chi connectivity index (χ1v) is 10.3. The molecule has 0 saturated heterocycles. The second-order valence-corrected chi connectivity index (χ2v) is 7.52. The Kier molecular flexibility index (Phi) is 6.17. The number of anilines is 1. The fourth-order valence-corrected chi connectivity index (χ4v) is 3.14. The van der Waals surface area contributed by atoms with Gasteiger partial charge in [-0.2, -0.15) is 0 Å². The van der Waals surface area contributed by atoms with E-state index in [0.29, 0.717) is 29.5 Å². The molecule has 2 aromatic heterocycles. The largest absolute Gasteiger partial charge is 0.489 e. The van der Waals surface area contributed by atoms with Crippen LogP contribution in [0.25, 0.3) is 10.9 Å². The lowest BCUT2D eigenvalue weighted by Gasteiger charge is -2.14. The maximum absolute atomic E-state index is 12.1. The third-order valence-corrected chi connectivity index (χ3v) is 4.80. The van der Waals surface area contributed by atoms with Gasteiger partial charge in [-0.25, -0.2) is 4.98 Å². The summed E-state index contributed by atoms with van der Waals surface area (Å²) in [6.07, 6.45) is 4.65. The van der Waals surface area contributed by atoms with Crippen LogP contribution in [0.2, 0.25) is 0 Å². The predicted octanol–water partition coefficient (Wildman–Crippen LogP) is 5.69. The van der Waals surface area contributed by atoms with Crippen LogP contribution in [0.5, 0.6) is 17.2 Å². The SMILES string of the molecule is C=CCOc1cc(C(C)C)nc2ccc(Oc3ccc(NC(=O)c4cnc[nH]4)cc3)cc12. The number of aromatic amines is 1. The van der Waals surface area contributed by atoms with Crippen molar-refractivity contribution in [3.8, 4) is 17.2 Å². The molecule has 7 nitrogen and oxygen atoms in total. The topological polar surface area (TPSA) is 89.1 Å². The number of hydrogen-bond donors (Lipinski definition) is 2. The Morgan fingerprint density at radius 1 is 1.16 bits per heavy atom. The van der Waals surface area contributed by atoms with Gasteiger partial charge in [0.05, 0.1) is 18.0 Å². The second-order valence-electron chi connectivity index (χ2n) is 7.52. The number of aromatic nitrogens is 3. The third kappa shape index (κ3) is 4.78. The molecule has 0 saturated carbocycles. The number of amides is 1. The van der Waals surface area contributed by atoms with E-state index in [-0.39, 0.29) is 11.8 Å². The number of nitrogens with one attached hydrogen (secondary N) is 2. The Bertz CT molecular complexity index is 1230. The van der Waals surface area contributed by atoms with Crippen molar-refractivity contribution in [3.05, 3.63) is 85.1 Å². The Balaban J connectivity index is 1.54. The molecule has 4 aromatic rings. The lowest BCUT2D eigenvalue weighted by Crippen LogP contribution is -2.11. The van der Waals surface area contributed by atoms with E-state index in [4.69, 9.17) is 14.5 Å². The molecule has 4 rings (SSSR count). The molecule has 0 aliphatic carbocycles. The molecule has 0 radical (unpaired) electrons. The molecular weight excluding hydrogens is 404 g/mol. The van der Waals surface area contributed by atoms with Gasteiger partial charge in [0.25, 0.3) is 5.91 Å². The number of carbonyl (C=O) groups excluding carboxylic acids is 1. The van der Waals surface area contributed by atoms with Gasteiger partial charge < -0.3 is 19.8 Å². The van der Waals surface area contributed by atoms with Gasteiger partial charge in [-0.15, -0.1) is 0 Å². The standard InChI is InChI=1S/C25H24N4O3/c1-4-11-31-24-13-22(16(2)3)29-21-10-9-19(12-20(21)24)32-18-7-5-17(6-8-18)28-25(30)23-14-26-15-27-23/h4-10,12-16H,1,11H2,2-3H3,(H,26,27)(H,28,30). The van der Waals surface area contributed by atoms with Gasteiger partial charge in [-0.3, -0.25) is 9.78 Å². The maximum atomic E-state index is 12.1. The fourth-order valence-electron chi connectivity index (χ4n) is 3.14. The van der Waals surface area contributed by atoms with E-state index in [0.717, 1.165) is 22.3 Å². The normalized spacial score (nSPS) is 10.8. The lowest BCUT2D eigenvalue weighted by molar-refractivity contribution is 0.102. The fraction of sp³-hybridized carbons (Fsp3) is 0.160. The van der Waals surface area contributed by atoms with E-state index in [1.165, 1.54) is 12.5 Å². The zero-order valence-corrected chi connectivity index (χ0v) is 18.0. The van der Waals surface area contributed by atoms with Crippen molar-refractivity contribution < 1.29 is 14.3 Å². The van der Waals surface area contributed by atoms with Gasteiger partial charge >= 0.3 is 0 Å². The zero-order chi connectivity index (χ0) is 22.5. The monoisotopic (exact) mass is 428 g/mol. The molecule has 0 bridgehead atoms. The van der Waals surface area contributed by atoms with Gasteiger partial charge in [0, 0.05) is 22.8 Å². The minimum absolute atomic E-state index is 0.258. The summed E-state index contributed by atoms with van der Waals surface area (Å²) in [6.45, 7) is 8.34. The highest BCUT2D eigenvalue weighted by Gasteiger charge is 2.12. The van der Waals surface area contributed by atoms with Gasteiger partial charge in [0.2, 0.25) is 0 Å². The molecular formula is C25H24N4O3. The van der Waals surface area contributed by atoms with Crippen molar-refractivity contribution in [2.45, 2.75) is 19.8 Å². The van der Waals surface area contributed by atoms with E-state index in [1.54, 1.807) is 30.3 Å². The number of benzene rings is 2. The number of hydrogen-bond acceptors (Lipinski definition) is 5. The summed E-state index contributed by atoms with van der Waals surface area (Å²) in [5, 5.41) is 3.67. The van der Waals surface area contributed by atoms with Crippen molar-refractivity contribution in [2.24, 2.45) is 0 Å². The van der Waals surface area contributed by atoms with Crippen LogP contribution < -0.4 is 14.8 Å². The van der Waals surface area contributed by atoms with Gasteiger partial charge in [0.15, 0.2) is 0 Å². The maximum Gasteiger partial charge on any atom is 0.273 e. The van der Waals surface area contributed by atoms with E-state index in [1.807, 2.05) is 24.3 Å². The first kappa shape index (κ1) is 21.1. The van der Waals surface area contributed by atoms with Crippen LogP contribution in [0.1, 0.15) is 35.9 Å². The number of ether oxygens (including phenoxy) is 2. The van der Waals surface area contributed by atoms with Crippen LogP contribution in [0.4, 0.5) is 5.69 Å². The number of nitrogens with zero attached hydrogens (tertiary/aromatic N) is 2. The molecule has 2 N–H and O–H groups in total. The molecule has 2 heterocycles. The summed E-state index contributed by atoms with van der Waals surface area (Å²) in [7, 11) is 0. The highest BCUT2D eigenvalue weighted by molar-refractivity contribution is 6.02. The summed E-state index contributed by atoms with van der Waals surface area (Å²) in [6, 6.07) is 14.8. The predicted molar refractivity (Wildman–Crippen MR) is 125 cm³/mol. The Labute approximate surface area is 186 Å². The van der Waals surface area contributed by atoms with Crippen LogP contribution in [-0.4, -0.2) is 27.5 Å². The number of pyridine rings is 1. The van der Waals surface area contributed by atoms with Gasteiger partial charge in [-0.1, -0.05) is 26.5 Å². The van der Waals surface area contributed by atoms with Crippen molar-refractivity contribution in [3.63, 3.8) is 0 Å². The molecule has 1 amide bonds. The average molecular weight is 428 g/mol. The second kappa shape index (κ2) is 9.34. The molecule has 0 aliphatic heterocycles. The average Bonchev–Trinajstić information content (AvgIpc) is 3.34. The van der Waals surface area contributed by atoms with E-state index < -0.39 is 0 Å². The minimum atomic E-state index is -0.258. The molecule has 0 fully saturated rings. The van der Waals surface area contributed by atoms with E-state index >= 15 is 0 Å².